The number of benzene rings is 2. The summed E-state index contributed by atoms with van der Waals surface area (Å²) in [6, 6.07) is 14.1. The molecular formula is C21H23N3O4S2. The third-order valence-electron chi connectivity index (χ3n) is 5.46. The number of hydrogen-bond acceptors (Lipinski definition) is 5. The molecule has 1 N–H and O–H groups in total. The van der Waals surface area contributed by atoms with Gasteiger partial charge >= 0.3 is 4.87 Å². The largest absolute Gasteiger partial charge is 0.326 e. The number of nitrogens with zero attached hydrogens (tertiary/aromatic N) is 2. The summed E-state index contributed by atoms with van der Waals surface area (Å²) in [5.41, 5.74) is 1.49. The van der Waals surface area contributed by atoms with Gasteiger partial charge < -0.3 is 5.32 Å². The van der Waals surface area contributed by atoms with Gasteiger partial charge in [-0.3, -0.25) is 14.2 Å². The lowest BCUT2D eigenvalue weighted by Crippen LogP contribution is -2.41. The molecule has 1 aliphatic rings. The molecule has 9 heteroatoms. The highest BCUT2D eigenvalue weighted by Gasteiger charge is 2.32. The number of anilines is 1. The van der Waals surface area contributed by atoms with Crippen LogP contribution in [0.5, 0.6) is 0 Å². The molecule has 1 aromatic heterocycles. The van der Waals surface area contributed by atoms with E-state index in [1.807, 2.05) is 37.3 Å². The smallest absolute Gasteiger partial charge is 0.308 e. The van der Waals surface area contributed by atoms with E-state index in [1.165, 1.54) is 4.31 Å². The maximum absolute atomic E-state index is 13.1. The van der Waals surface area contributed by atoms with Crippen molar-refractivity contribution in [2.45, 2.75) is 31.2 Å². The predicted molar refractivity (Wildman–Crippen MR) is 118 cm³/mol. The van der Waals surface area contributed by atoms with Crippen LogP contribution in [0.25, 0.3) is 10.2 Å². The Morgan fingerprint density at radius 2 is 1.83 bits per heavy atom. The first kappa shape index (κ1) is 20.8. The number of thiazole rings is 1. The highest BCUT2D eigenvalue weighted by molar-refractivity contribution is 7.89. The number of para-hydroxylation sites is 1. The van der Waals surface area contributed by atoms with Crippen molar-refractivity contribution in [1.82, 2.24) is 8.87 Å². The van der Waals surface area contributed by atoms with E-state index in [9.17, 15) is 18.0 Å². The second-order valence-corrected chi connectivity index (χ2v) is 10.2. The van der Waals surface area contributed by atoms with Gasteiger partial charge in [0.15, 0.2) is 0 Å². The number of sulfonamides is 1. The van der Waals surface area contributed by atoms with Crippen LogP contribution in [0.2, 0.25) is 0 Å². The molecule has 1 amide bonds. The van der Waals surface area contributed by atoms with Crippen LogP contribution in [-0.2, 0) is 21.4 Å². The molecule has 4 rings (SSSR count). The van der Waals surface area contributed by atoms with Crippen LogP contribution < -0.4 is 10.2 Å². The molecule has 2 aromatic carbocycles. The van der Waals surface area contributed by atoms with E-state index in [0.717, 1.165) is 22.5 Å². The number of fused-ring (bicyclic) bond motifs is 1. The van der Waals surface area contributed by atoms with Crippen molar-refractivity contribution in [3.8, 4) is 0 Å². The summed E-state index contributed by atoms with van der Waals surface area (Å²) in [5, 5.41) is 2.89. The van der Waals surface area contributed by atoms with E-state index in [0.29, 0.717) is 37.2 Å². The first-order chi connectivity index (χ1) is 14.4. The minimum Gasteiger partial charge on any atom is -0.326 e. The molecule has 1 fully saturated rings. The number of carbonyl (C=O) groups is 1. The molecule has 0 bridgehead atoms. The Labute approximate surface area is 179 Å². The van der Waals surface area contributed by atoms with Gasteiger partial charge in [0.1, 0.15) is 0 Å². The Bertz CT molecular complexity index is 1220. The molecule has 2 heterocycles. The standard InChI is InChI=1S/C21H23N3O4S2/c1-2-24-18-9-8-17(14-19(18)29-21(24)26)30(27,28)23-12-10-15(11-13-23)20(25)22-16-6-4-3-5-7-16/h3-9,14-15H,2,10-13H2,1H3,(H,22,25). The van der Waals surface area contributed by atoms with Crippen molar-refractivity contribution >= 4 is 43.2 Å². The molecule has 1 saturated heterocycles. The number of nitrogens with one attached hydrogen (secondary N) is 1. The monoisotopic (exact) mass is 445 g/mol. The molecule has 0 spiro atoms. The van der Waals surface area contributed by atoms with Gasteiger partial charge in [-0.1, -0.05) is 29.5 Å². The lowest BCUT2D eigenvalue weighted by molar-refractivity contribution is -0.120. The zero-order chi connectivity index (χ0) is 21.3. The zero-order valence-corrected chi connectivity index (χ0v) is 18.2. The topological polar surface area (TPSA) is 88.5 Å². The predicted octanol–water partition coefficient (Wildman–Crippen LogP) is 3.12. The highest BCUT2D eigenvalue weighted by atomic mass is 32.2. The number of aromatic nitrogens is 1. The number of aryl methyl sites for hydroxylation is 1. The van der Waals surface area contributed by atoms with Crippen LogP contribution in [-0.4, -0.2) is 36.3 Å². The van der Waals surface area contributed by atoms with Crippen molar-refractivity contribution < 1.29 is 13.2 Å². The van der Waals surface area contributed by atoms with Gasteiger partial charge in [0.25, 0.3) is 0 Å². The van der Waals surface area contributed by atoms with Crippen molar-refractivity contribution in [2.75, 3.05) is 18.4 Å². The summed E-state index contributed by atoms with van der Waals surface area (Å²) in [5.74, 6) is -0.298. The molecule has 30 heavy (non-hydrogen) atoms. The van der Waals surface area contributed by atoms with E-state index in [1.54, 1.807) is 22.8 Å². The summed E-state index contributed by atoms with van der Waals surface area (Å²) in [6.07, 6.45) is 0.944. The van der Waals surface area contributed by atoms with Gasteiger partial charge in [-0.2, -0.15) is 4.31 Å². The first-order valence-corrected chi connectivity index (χ1v) is 12.1. The fourth-order valence-electron chi connectivity index (χ4n) is 3.78. The summed E-state index contributed by atoms with van der Waals surface area (Å²) < 4.78 is 29.9. The Hall–Kier alpha value is -2.49. The van der Waals surface area contributed by atoms with E-state index in [-0.39, 0.29) is 21.6 Å². The molecule has 7 nitrogen and oxygen atoms in total. The summed E-state index contributed by atoms with van der Waals surface area (Å²) in [4.78, 5) is 24.6. The van der Waals surface area contributed by atoms with Gasteiger partial charge in [-0.25, -0.2) is 8.42 Å². The van der Waals surface area contributed by atoms with Crippen molar-refractivity contribution in [1.29, 1.82) is 0 Å². The molecule has 0 atom stereocenters. The third-order valence-corrected chi connectivity index (χ3v) is 8.30. The van der Waals surface area contributed by atoms with Gasteiger partial charge in [-0.15, -0.1) is 0 Å². The average molecular weight is 446 g/mol. The Kier molecular flexibility index (Phi) is 5.77. The van der Waals surface area contributed by atoms with Gasteiger partial charge in [0.05, 0.1) is 15.1 Å². The Morgan fingerprint density at radius 1 is 1.13 bits per heavy atom. The lowest BCUT2D eigenvalue weighted by atomic mass is 9.97. The second kappa shape index (κ2) is 8.33. The van der Waals surface area contributed by atoms with Crippen molar-refractivity contribution in [3.05, 3.63) is 58.2 Å². The second-order valence-electron chi connectivity index (χ2n) is 7.28. The van der Waals surface area contributed by atoms with E-state index < -0.39 is 10.0 Å². The first-order valence-electron chi connectivity index (χ1n) is 9.89. The highest BCUT2D eigenvalue weighted by Crippen LogP contribution is 2.28. The number of amides is 1. The van der Waals surface area contributed by atoms with Crippen LogP contribution >= 0.6 is 11.3 Å². The molecule has 0 saturated carbocycles. The van der Waals surface area contributed by atoms with E-state index >= 15 is 0 Å². The summed E-state index contributed by atoms with van der Waals surface area (Å²) in [7, 11) is -3.67. The minimum atomic E-state index is -3.67. The number of carbonyl (C=O) groups excluding carboxylic acids is 1. The summed E-state index contributed by atoms with van der Waals surface area (Å²) >= 11 is 1.06. The third kappa shape index (κ3) is 3.92. The molecule has 1 aliphatic heterocycles. The van der Waals surface area contributed by atoms with Gasteiger partial charge in [0.2, 0.25) is 15.9 Å². The van der Waals surface area contributed by atoms with E-state index in [2.05, 4.69) is 5.32 Å². The van der Waals surface area contributed by atoms with Crippen LogP contribution in [0.1, 0.15) is 19.8 Å². The van der Waals surface area contributed by atoms with Crippen LogP contribution in [0, 0.1) is 5.92 Å². The maximum atomic E-state index is 13.1. The molecule has 0 unspecified atom stereocenters. The van der Waals surface area contributed by atoms with Crippen LogP contribution in [0.15, 0.2) is 58.2 Å². The van der Waals surface area contributed by atoms with Crippen molar-refractivity contribution in [2.24, 2.45) is 5.92 Å². The normalized spacial score (nSPS) is 16.0. The SMILES string of the molecule is CCn1c(=O)sc2cc(S(=O)(=O)N3CCC(C(=O)Nc4ccccc4)CC3)ccc21. The van der Waals surface area contributed by atoms with Gasteiger partial charge in [0, 0.05) is 31.2 Å². The number of hydrogen-bond donors (Lipinski definition) is 1. The van der Waals surface area contributed by atoms with Crippen LogP contribution in [0.3, 0.4) is 0 Å². The Morgan fingerprint density at radius 3 is 2.50 bits per heavy atom. The molecule has 0 aliphatic carbocycles. The number of piperidine rings is 1. The molecule has 0 radical (unpaired) electrons. The van der Waals surface area contributed by atoms with Gasteiger partial charge in [-0.05, 0) is 50.1 Å². The van der Waals surface area contributed by atoms with Crippen molar-refractivity contribution in [3.63, 3.8) is 0 Å². The number of rotatable bonds is 5. The molecule has 158 valence electrons. The fraction of sp³-hybridized carbons (Fsp3) is 0.333. The average Bonchev–Trinajstić information content (AvgIpc) is 3.08. The van der Waals surface area contributed by atoms with E-state index in [4.69, 9.17) is 0 Å². The maximum Gasteiger partial charge on any atom is 0.308 e. The molecule has 3 aromatic rings. The molecular weight excluding hydrogens is 422 g/mol. The fourth-order valence-corrected chi connectivity index (χ4v) is 6.35. The zero-order valence-electron chi connectivity index (χ0n) is 16.6. The lowest BCUT2D eigenvalue weighted by Gasteiger charge is -2.30. The van der Waals surface area contributed by atoms with Crippen LogP contribution in [0.4, 0.5) is 5.69 Å². The quantitative estimate of drug-likeness (QED) is 0.654. The Balaban J connectivity index is 1.46. The summed E-state index contributed by atoms with van der Waals surface area (Å²) in [6.45, 7) is 3.01. The minimum absolute atomic E-state index is 0.0784.